The minimum atomic E-state index is -3.68. The van der Waals surface area contributed by atoms with Gasteiger partial charge in [-0.2, -0.15) is 0 Å². The Balaban J connectivity index is 1.58. The Bertz CT molecular complexity index is 921. The number of nitrogens with zero attached hydrogens (tertiary/aromatic N) is 2. The minimum absolute atomic E-state index is 0.203. The Morgan fingerprint density at radius 2 is 1.78 bits per heavy atom. The molecule has 0 bridgehead atoms. The number of sulfonamides is 1. The molecule has 0 aliphatic heterocycles. The van der Waals surface area contributed by atoms with E-state index < -0.39 is 10.0 Å². The minimum Gasteiger partial charge on any atom is -0.368 e. The molecule has 1 aromatic heterocycles. The maximum absolute atomic E-state index is 12.5. The molecule has 0 unspecified atom stereocenters. The van der Waals surface area contributed by atoms with Crippen LogP contribution in [-0.2, 0) is 10.0 Å². The normalized spacial score (nSPS) is 14.5. The van der Waals surface area contributed by atoms with Crippen molar-refractivity contribution in [3.05, 3.63) is 53.1 Å². The fraction of sp³-hybridized carbons (Fsp3) is 0.400. The Morgan fingerprint density at radius 3 is 2.44 bits per heavy atom. The van der Waals surface area contributed by atoms with E-state index in [1.54, 1.807) is 30.3 Å². The van der Waals surface area contributed by atoms with E-state index in [1.807, 2.05) is 13.8 Å². The highest BCUT2D eigenvalue weighted by Crippen LogP contribution is 2.20. The lowest BCUT2D eigenvalue weighted by atomic mass is 9.97. The highest BCUT2D eigenvalue weighted by molar-refractivity contribution is 7.92. The van der Waals surface area contributed by atoms with Crippen LogP contribution in [0.2, 0.25) is 0 Å². The smallest absolute Gasteiger partial charge is 0.263 e. The summed E-state index contributed by atoms with van der Waals surface area (Å²) in [6, 6.07) is 8.40. The second-order valence-corrected chi connectivity index (χ2v) is 8.62. The van der Waals surface area contributed by atoms with Gasteiger partial charge in [0.2, 0.25) is 0 Å². The van der Waals surface area contributed by atoms with Crippen LogP contribution in [0.4, 0.5) is 11.6 Å². The molecular formula is C20H26N4O2S. The fourth-order valence-corrected chi connectivity index (χ4v) is 4.12. The monoisotopic (exact) mass is 386 g/mol. The van der Waals surface area contributed by atoms with Crippen LogP contribution in [0.5, 0.6) is 0 Å². The van der Waals surface area contributed by atoms with Gasteiger partial charge in [0.25, 0.3) is 10.0 Å². The molecular weight excluding hydrogens is 360 g/mol. The zero-order valence-electron chi connectivity index (χ0n) is 15.8. The molecule has 0 fully saturated rings. The highest BCUT2D eigenvalue weighted by atomic mass is 32.2. The van der Waals surface area contributed by atoms with Gasteiger partial charge in [0.1, 0.15) is 5.82 Å². The summed E-state index contributed by atoms with van der Waals surface area (Å²) in [7, 11) is -3.68. The molecule has 0 saturated heterocycles. The Kier molecular flexibility index (Phi) is 6.11. The van der Waals surface area contributed by atoms with Crippen LogP contribution in [0, 0.1) is 13.8 Å². The predicted octanol–water partition coefficient (Wildman–Crippen LogP) is 4.20. The van der Waals surface area contributed by atoms with Crippen molar-refractivity contribution in [3.8, 4) is 0 Å². The molecule has 1 aliphatic rings. The first-order valence-electron chi connectivity index (χ1n) is 9.30. The first kappa shape index (κ1) is 19.4. The number of benzene rings is 1. The lowest BCUT2D eigenvalue weighted by molar-refractivity contribution is 0.601. The Labute approximate surface area is 161 Å². The first-order chi connectivity index (χ1) is 12.9. The van der Waals surface area contributed by atoms with Gasteiger partial charge >= 0.3 is 0 Å². The van der Waals surface area contributed by atoms with E-state index in [0.717, 1.165) is 24.1 Å². The number of hydrogen-bond donors (Lipinski definition) is 2. The van der Waals surface area contributed by atoms with E-state index in [-0.39, 0.29) is 10.7 Å². The summed E-state index contributed by atoms with van der Waals surface area (Å²) < 4.78 is 27.5. The second-order valence-electron chi connectivity index (χ2n) is 6.94. The first-order valence-corrected chi connectivity index (χ1v) is 10.8. The summed E-state index contributed by atoms with van der Waals surface area (Å²) in [5.41, 5.74) is 3.48. The molecule has 3 rings (SSSR count). The number of anilines is 2. The number of hydrogen-bond acceptors (Lipinski definition) is 5. The molecule has 0 spiro atoms. The van der Waals surface area contributed by atoms with E-state index in [4.69, 9.17) is 0 Å². The Hall–Kier alpha value is -2.41. The number of aryl methyl sites for hydroxylation is 2. The van der Waals surface area contributed by atoms with Gasteiger partial charge < -0.3 is 5.32 Å². The van der Waals surface area contributed by atoms with Gasteiger partial charge in [-0.1, -0.05) is 17.7 Å². The van der Waals surface area contributed by atoms with Crippen LogP contribution in [-0.4, -0.2) is 25.2 Å². The third-order valence-electron chi connectivity index (χ3n) is 4.83. The van der Waals surface area contributed by atoms with Crippen LogP contribution in [0.1, 0.15) is 43.2 Å². The highest BCUT2D eigenvalue weighted by Gasteiger charge is 2.15. The van der Waals surface area contributed by atoms with Crippen molar-refractivity contribution in [2.45, 2.75) is 50.8 Å². The largest absolute Gasteiger partial charge is 0.368 e. The lowest BCUT2D eigenvalue weighted by Gasteiger charge is -2.13. The number of aromatic nitrogens is 2. The van der Waals surface area contributed by atoms with Gasteiger partial charge in [-0.25, -0.2) is 8.42 Å². The third kappa shape index (κ3) is 5.29. The van der Waals surface area contributed by atoms with Crippen LogP contribution in [0.25, 0.3) is 0 Å². The van der Waals surface area contributed by atoms with E-state index in [0.29, 0.717) is 5.82 Å². The average molecular weight is 387 g/mol. The Morgan fingerprint density at radius 1 is 1.00 bits per heavy atom. The third-order valence-corrected chi connectivity index (χ3v) is 6.18. The van der Waals surface area contributed by atoms with E-state index in [9.17, 15) is 8.42 Å². The standard InChI is InChI=1S/C20H26N4O2S/c1-15-8-9-18(14-16(15)2)27(25,26)24-20-11-10-19(22-23-20)21-13-12-17-6-4-3-5-7-17/h6,8-11,14H,3-5,7,12-13H2,1-2H3,(H,21,22)(H,23,24). The summed E-state index contributed by atoms with van der Waals surface area (Å²) in [5, 5.41) is 11.3. The number of rotatable bonds is 7. The molecule has 7 heteroatoms. The maximum atomic E-state index is 12.5. The van der Waals surface area contributed by atoms with Crippen molar-refractivity contribution in [1.29, 1.82) is 0 Å². The molecule has 1 aliphatic carbocycles. The van der Waals surface area contributed by atoms with Gasteiger partial charge in [-0.15, -0.1) is 10.2 Å². The molecule has 2 N–H and O–H groups in total. The van der Waals surface area contributed by atoms with Crippen molar-refractivity contribution < 1.29 is 8.42 Å². The number of allylic oxidation sites excluding steroid dienone is 1. The summed E-state index contributed by atoms with van der Waals surface area (Å²) in [5.74, 6) is 0.842. The van der Waals surface area contributed by atoms with Crippen LogP contribution in [0.15, 0.2) is 46.9 Å². The topological polar surface area (TPSA) is 84.0 Å². The van der Waals surface area contributed by atoms with Crippen molar-refractivity contribution in [1.82, 2.24) is 10.2 Å². The molecule has 0 amide bonds. The average Bonchev–Trinajstić information content (AvgIpc) is 2.66. The lowest BCUT2D eigenvalue weighted by Crippen LogP contribution is -2.15. The van der Waals surface area contributed by atoms with Gasteiger partial charge in [0, 0.05) is 6.54 Å². The summed E-state index contributed by atoms with van der Waals surface area (Å²) in [6.45, 7) is 4.63. The molecule has 6 nitrogen and oxygen atoms in total. The van der Waals surface area contributed by atoms with Gasteiger partial charge in [-0.3, -0.25) is 4.72 Å². The van der Waals surface area contributed by atoms with E-state index in [2.05, 4.69) is 26.3 Å². The predicted molar refractivity (Wildman–Crippen MR) is 108 cm³/mol. The molecule has 27 heavy (non-hydrogen) atoms. The molecule has 2 aromatic rings. The fourth-order valence-electron chi connectivity index (χ4n) is 3.04. The molecule has 1 heterocycles. The van der Waals surface area contributed by atoms with Crippen molar-refractivity contribution >= 4 is 21.7 Å². The SMILES string of the molecule is Cc1ccc(S(=O)(=O)Nc2ccc(NCCC3=CCCCC3)nn2)cc1C. The zero-order valence-corrected chi connectivity index (χ0v) is 16.6. The zero-order chi connectivity index (χ0) is 19.3. The number of nitrogens with one attached hydrogen (secondary N) is 2. The molecule has 144 valence electrons. The quantitative estimate of drug-likeness (QED) is 0.697. The van der Waals surface area contributed by atoms with Gasteiger partial charge in [0.05, 0.1) is 4.90 Å². The van der Waals surface area contributed by atoms with Crippen molar-refractivity contribution in [3.63, 3.8) is 0 Å². The van der Waals surface area contributed by atoms with Crippen molar-refractivity contribution in [2.75, 3.05) is 16.6 Å². The molecule has 0 saturated carbocycles. The molecule has 0 atom stereocenters. The van der Waals surface area contributed by atoms with Crippen LogP contribution in [0.3, 0.4) is 0 Å². The van der Waals surface area contributed by atoms with Crippen LogP contribution < -0.4 is 10.0 Å². The second kappa shape index (κ2) is 8.52. The van der Waals surface area contributed by atoms with E-state index >= 15 is 0 Å². The summed E-state index contributed by atoms with van der Waals surface area (Å²) >= 11 is 0. The summed E-state index contributed by atoms with van der Waals surface area (Å²) in [6.07, 6.45) is 8.28. The molecule has 1 aromatic carbocycles. The van der Waals surface area contributed by atoms with Gasteiger partial charge in [0.15, 0.2) is 5.82 Å². The van der Waals surface area contributed by atoms with Gasteiger partial charge in [-0.05, 0) is 81.3 Å². The summed E-state index contributed by atoms with van der Waals surface area (Å²) in [4.78, 5) is 0.218. The molecule has 0 radical (unpaired) electrons. The van der Waals surface area contributed by atoms with Crippen LogP contribution >= 0.6 is 0 Å². The van der Waals surface area contributed by atoms with E-state index in [1.165, 1.54) is 31.3 Å². The maximum Gasteiger partial charge on any atom is 0.263 e. The van der Waals surface area contributed by atoms with Crippen molar-refractivity contribution in [2.24, 2.45) is 0 Å².